The predicted octanol–water partition coefficient (Wildman–Crippen LogP) is 20.8. The van der Waals surface area contributed by atoms with Crippen LogP contribution in [0.2, 0.25) is 0 Å². The number of nitrogens with zero attached hydrogens (tertiary/aromatic N) is 2. The fraction of sp³-hybridized carbons (Fsp3) is 1.00. The van der Waals surface area contributed by atoms with Crippen LogP contribution in [0, 0.1) is 5.92 Å². The zero-order chi connectivity index (χ0) is 47.3. The van der Waals surface area contributed by atoms with Crippen molar-refractivity contribution in [3.8, 4) is 0 Å². The SMILES string of the molecule is CCCCCCCCCCCCCC(CCCCCCCCCCCCC)CCCN1CCN(CCNC(CCCCCCCCCCCCC)CCCCCCCCCCCCC)CC1. The lowest BCUT2D eigenvalue weighted by Crippen LogP contribution is -2.48. The maximum absolute atomic E-state index is 4.12. The smallest absolute Gasteiger partial charge is 0.0110 e. The quantitative estimate of drug-likeness (QED) is 0.0613. The summed E-state index contributed by atoms with van der Waals surface area (Å²) in [5.74, 6) is 0.984. The minimum atomic E-state index is 0.742. The Kier molecular flexibility index (Phi) is 52.5. The number of rotatable bonds is 56. The molecule has 1 saturated heterocycles. The monoisotopic (exact) mass is 928 g/mol. The van der Waals surface area contributed by atoms with Gasteiger partial charge in [0.2, 0.25) is 0 Å². The summed E-state index contributed by atoms with van der Waals surface area (Å²) in [6.45, 7) is 18.3. The molecule has 0 atom stereocenters. The zero-order valence-electron chi connectivity index (χ0n) is 46.9. The Balaban J connectivity index is 2.38. The van der Waals surface area contributed by atoms with Gasteiger partial charge in [-0.05, 0) is 38.1 Å². The Hall–Kier alpha value is -0.120. The van der Waals surface area contributed by atoms with E-state index in [-0.39, 0.29) is 0 Å². The molecule has 66 heavy (non-hydrogen) atoms. The van der Waals surface area contributed by atoms with Crippen molar-refractivity contribution in [3.63, 3.8) is 0 Å². The Morgan fingerprint density at radius 2 is 0.485 bits per heavy atom. The average molecular weight is 929 g/mol. The van der Waals surface area contributed by atoms with Gasteiger partial charge in [-0.1, -0.05) is 323 Å². The van der Waals surface area contributed by atoms with Crippen molar-refractivity contribution in [2.75, 3.05) is 45.8 Å². The van der Waals surface area contributed by atoms with Crippen molar-refractivity contribution in [2.24, 2.45) is 5.92 Å². The number of piperazine rings is 1. The maximum atomic E-state index is 4.12. The molecule has 1 N–H and O–H groups in total. The van der Waals surface area contributed by atoms with Gasteiger partial charge in [0, 0.05) is 45.3 Å². The van der Waals surface area contributed by atoms with E-state index in [4.69, 9.17) is 0 Å². The van der Waals surface area contributed by atoms with E-state index in [1.165, 1.54) is 367 Å². The van der Waals surface area contributed by atoms with E-state index in [2.05, 4.69) is 42.8 Å². The van der Waals surface area contributed by atoms with Crippen LogP contribution < -0.4 is 5.32 Å². The lowest BCUT2D eigenvalue weighted by molar-refractivity contribution is 0.128. The summed E-state index contributed by atoms with van der Waals surface area (Å²) >= 11 is 0. The fourth-order valence-corrected chi connectivity index (χ4v) is 11.4. The van der Waals surface area contributed by atoms with Gasteiger partial charge in [-0.15, -0.1) is 0 Å². The topological polar surface area (TPSA) is 18.5 Å². The molecule has 0 saturated carbocycles. The van der Waals surface area contributed by atoms with Gasteiger partial charge in [0.05, 0.1) is 0 Å². The average Bonchev–Trinajstić information content (AvgIpc) is 3.33. The van der Waals surface area contributed by atoms with Gasteiger partial charge >= 0.3 is 0 Å². The standard InChI is InChI=1S/C63H129N3/c1-5-9-13-17-21-25-29-33-37-41-45-50-62(51-46-42-38-34-30-26-22-18-14-10-6-2)52-49-56-65-58-60-66(61-59-65)57-55-64-63(53-47-43-39-35-31-27-23-19-15-11-7-3)54-48-44-40-36-32-28-24-20-16-12-8-4/h62-64H,5-61H2,1-4H3. The van der Waals surface area contributed by atoms with Crippen LogP contribution in [0.25, 0.3) is 0 Å². The van der Waals surface area contributed by atoms with E-state index in [0.29, 0.717) is 0 Å². The fourth-order valence-electron chi connectivity index (χ4n) is 11.4. The first-order chi connectivity index (χ1) is 32.7. The third-order valence-electron chi connectivity index (χ3n) is 16.2. The number of nitrogens with one attached hydrogen (secondary N) is 1. The molecule has 396 valence electrons. The van der Waals surface area contributed by atoms with E-state index in [9.17, 15) is 0 Å². The normalized spacial score (nSPS) is 13.9. The van der Waals surface area contributed by atoms with Gasteiger partial charge in [-0.2, -0.15) is 0 Å². The summed E-state index contributed by atoms with van der Waals surface area (Å²) in [6, 6.07) is 0.742. The van der Waals surface area contributed by atoms with Gasteiger partial charge < -0.3 is 10.2 Å². The second-order valence-corrected chi connectivity index (χ2v) is 22.6. The second kappa shape index (κ2) is 54.2. The summed E-state index contributed by atoms with van der Waals surface area (Å²) in [5, 5.41) is 4.12. The molecule has 0 aliphatic carbocycles. The molecule has 0 aromatic heterocycles. The molecule has 1 fully saturated rings. The third kappa shape index (κ3) is 46.3. The van der Waals surface area contributed by atoms with Crippen LogP contribution in [0.4, 0.5) is 0 Å². The Morgan fingerprint density at radius 3 is 0.773 bits per heavy atom. The number of hydrogen-bond donors (Lipinski definition) is 1. The molecule has 1 aliphatic heterocycles. The molecular formula is C63H129N3. The molecule has 0 aromatic rings. The van der Waals surface area contributed by atoms with Crippen molar-refractivity contribution < 1.29 is 0 Å². The van der Waals surface area contributed by atoms with Crippen LogP contribution in [-0.2, 0) is 0 Å². The first-order valence-corrected chi connectivity index (χ1v) is 31.9. The molecule has 3 heteroatoms. The maximum Gasteiger partial charge on any atom is 0.0110 e. The lowest BCUT2D eigenvalue weighted by atomic mass is 9.90. The van der Waals surface area contributed by atoms with Gasteiger partial charge in [-0.3, -0.25) is 4.90 Å². The molecule has 0 amide bonds. The van der Waals surface area contributed by atoms with E-state index in [1.807, 2.05) is 0 Å². The van der Waals surface area contributed by atoms with Gasteiger partial charge in [0.25, 0.3) is 0 Å². The van der Waals surface area contributed by atoms with Crippen LogP contribution in [0.15, 0.2) is 0 Å². The Labute approximate surface area is 419 Å². The van der Waals surface area contributed by atoms with E-state index >= 15 is 0 Å². The highest BCUT2D eigenvalue weighted by atomic mass is 15.3. The minimum absolute atomic E-state index is 0.742. The third-order valence-corrected chi connectivity index (χ3v) is 16.2. The molecule has 3 nitrogen and oxygen atoms in total. The number of hydrogen-bond acceptors (Lipinski definition) is 3. The summed E-state index contributed by atoms with van der Waals surface area (Å²) in [7, 11) is 0. The molecule has 1 aliphatic rings. The molecule has 0 aromatic carbocycles. The van der Waals surface area contributed by atoms with Crippen molar-refractivity contribution >= 4 is 0 Å². The predicted molar refractivity (Wildman–Crippen MR) is 302 cm³/mol. The first-order valence-electron chi connectivity index (χ1n) is 31.9. The Bertz CT molecular complexity index is 746. The van der Waals surface area contributed by atoms with Crippen LogP contribution >= 0.6 is 0 Å². The minimum Gasteiger partial charge on any atom is -0.313 e. The van der Waals surface area contributed by atoms with Crippen LogP contribution in [0.5, 0.6) is 0 Å². The van der Waals surface area contributed by atoms with Gasteiger partial charge in [0.1, 0.15) is 0 Å². The van der Waals surface area contributed by atoms with E-state index in [0.717, 1.165) is 12.0 Å². The van der Waals surface area contributed by atoms with Crippen molar-refractivity contribution in [2.45, 2.75) is 355 Å². The van der Waals surface area contributed by atoms with E-state index < -0.39 is 0 Å². The molecule has 0 spiro atoms. The molecule has 1 heterocycles. The molecule has 0 bridgehead atoms. The Morgan fingerprint density at radius 1 is 0.258 bits per heavy atom. The summed E-state index contributed by atoms with van der Waals surface area (Å²) in [5.41, 5.74) is 0. The van der Waals surface area contributed by atoms with Crippen molar-refractivity contribution in [1.82, 2.24) is 15.1 Å². The van der Waals surface area contributed by atoms with E-state index in [1.54, 1.807) is 0 Å². The van der Waals surface area contributed by atoms with Crippen LogP contribution in [0.3, 0.4) is 0 Å². The van der Waals surface area contributed by atoms with Gasteiger partial charge in [0.15, 0.2) is 0 Å². The van der Waals surface area contributed by atoms with Crippen LogP contribution in [-0.4, -0.2) is 61.7 Å². The van der Waals surface area contributed by atoms with Gasteiger partial charge in [-0.25, -0.2) is 0 Å². The first kappa shape index (κ1) is 63.9. The van der Waals surface area contributed by atoms with Crippen molar-refractivity contribution in [3.05, 3.63) is 0 Å². The lowest BCUT2D eigenvalue weighted by Gasteiger charge is -2.35. The highest BCUT2D eigenvalue weighted by molar-refractivity contribution is 4.75. The van der Waals surface area contributed by atoms with Crippen molar-refractivity contribution in [1.29, 1.82) is 0 Å². The molecule has 0 unspecified atom stereocenters. The molecular weight excluding hydrogens is 799 g/mol. The number of unbranched alkanes of at least 4 members (excludes halogenated alkanes) is 40. The molecule has 1 rings (SSSR count). The highest BCUT2D eigenvalue weighted by Gasteiger charge is 2.18. The summed E-state index contributed by atoms with van der Waals surface area (Å²) in [6.07, 6.45) is 72.9. The highest BCUT2D eigenvalue weighted by Crippen LogP contribution is 2.25. The summed E-state index contributed by atoms with van der Waals surface area (Å²) < 4.78 is 0. The van der Waals surface area contributed by atoms with Crippen LogP contribution in [0.1, 0.15) is 349 Å². The second-order valence-electron chi connectivity index (χ2n) is 22.6. The largest absolute Gasteiger partial charge is 0.313 e. The zero-order valence-corrected chi connectivity index (χ0v) is 46.9. The summed E-state index contributed by atoms with van der Waals surface area (Å²) in [4.78, 5) is 5.61. The molecule has 0 radical (unpaired) electrons.